The van der Waals surface area contributed by atoms with E-state index >= 15 is 0 Å². The number of carbonyl (C=O) groups excluding carboxylic acids is 1. The predicted molar refractivity (Wildman–Crippen MR) is 118 cm³/mol. The lowest BCUT2D eigenvalue weighted by molar-refractivity contribution is 0.0929. The summed E-state index contributed by atoms with van der Waals surface area (Å²) in [5.74, 6) is -0.311. The van der Waals surface area contributed by atoms with E-state index in [1.807, 2.05) is 31.2 Å². The van der Waals surface area contributed by atoms with Gasteiger partial charge in [-0.25, -0.2) is 13.4 Å². The van der Waals surface area contributed by atoms with Crippen LogP contribution < -0.4 is 0 Å². The summed E-state index contributed by atoms with van der Waals surface area (Å²) < 4.78 is 28.6. The number of carbonyl (C=O) groups is 1. The zero-order chi connectivity index (χ0) is 22.2. The van der Waals surface area contributed by atoms with Crippen LogP contribution in [0.4, 0.5) is 0 Å². The van der Waals surface area contributed by atoms with Crippen LogP contribution in [0.3, 0.4) is 0 Å². The fourth-order valence-electron chi connectivity index (χ4n) is 3.84. The van der Waals surface area contributed by atoms with E-state index in [1.165, 1.54) is 16.8 Å². The molecule has 1 atom stereocenters. The number of sulfonamides is 1. The summed E-state index contributed by atoms with van der Waals surface area (Å²) in [6.45, 7) is 2.55. The van der Waals surface area contributed by atoms with Gasteiger partial charge in [0.25, 0.3) is 10.0 Å². The van der Waals surface area contributed by atoms with Crippen LogP contribution in [0.5, 0.6) is 0 Å². The van der Waals surface area contributed by atoms with Crippen LogP contribution in [-0.4, -0.2) is 46.1 Å². The van der Waals surface area contributed by atoms with Gasteiger partial charge in [0.1, 0.15) is 0 Å². The molecule has 9 heteroatoms. The molecule has 1 unspecified atom stereocenters. The number of imidazole rings is 1. The maximum absolute atomic E-state index is 13.1. The number of aryl methyl sites for hydroxylation is 2. The summed E-state index contributed by atoms with van der Waals surface area (Å²) in [5, 5.41) is 0.461. The molecule has 1 fully saturated rings. The molecule has 1 aliphatic rings. The maximum atomic E-state index is 13.1. The van der Waals surface area contributed by atoms with Crippen LogP contribution in [0, 0.1) is 12.8 Å². The molecule has 0 bridgehead atoms. The first-order chi connectivity index (χ1) is 14.8. The first kappa shape index (κ1) is 21.7. The monoisotopic (exact) mass is 458 g/mol. The highest BCUT2D eigenvalue weighted by molar-refractivity contribution is 7.89. The highest BCUT2D eigenvalue weighted by Crippen LogP contribution is 2.37. The van der Waals surface area contributed by atoms with Crippen molar-refractivity contribution in [2.45, 2.75) is 24.3 Å². The minimum absolute atomic E-state index is 0.0263. The van der Waals surface area contributed by atoms with Crippen molar-refractivity contribution in [1.82, 2.24) is 18.8 Å². The van der Waals surface area contributed by atoms with Gasteiger partial charge < -0.3 is 4.57 Å². The van der Waals surface area contributed by atoms with Gasteiger partial charge in [-0.05, 0) is 42.7 Å². The molecule has 1 aliphatic heterocycles. The smallest absolute Gasteiger partial charge is 0.262 e. The molecule has 0 aliphatic carbocycles. The fraction of sp³-hybridized carbons (Fsp3) is 0.318. The molecule has 31 heavy (non-hydrogen) atoms. The van der Waals surface area contributed by atoms with Crippen LogP contribution in [0.15, 0.2) is 60.1 Å². The Balaban J connectivity index is 1.54. The SMILES string of the molecule is Cc1ccc(C(=O)CC(c2ccccn2)C2CN(S(=O)(=O)c3cn(C)cn3)C2)c(Cl)c1. The van der Waals surface area contributed by atoms with Crippen molar-refractivity contribution in [3.63, 3.8) is 0 Å². The second-order valence-corrected chi connectivity index (χ2v) is 10.2. The number of halogens is 1. The summed E-state index contributed by atoms with van der Waals surface area (Å²) in [5.41, 5.74) is 2.24. The Morgan fingerprint density at radius 3 is 2.61 bits per heavy atom. The van der Waals surface area contributed by atoms with Gasteiger partial charge in [-0.3, -0.25) is 9.78 Å². The van der Waals surface area contributed by atoms with Gasteiger partial charge in [0.05, 0.1) is 11.3 Å². The number of nitrogens with zero attached hydrogens (tertiary/aromatic N) is 4. The number of ketones is 1. The van der Waals surface area contributed by atoms with E-state index in [2.05, 4.69) is 9.97 Å². The Hall–Kier alpha value is -2.55. The molecular weight excluding hydrogens is 436 g/mol. The van der Waals surface area contributed by atoms with E-state index in [0.717, 1.165) is 11.3 Å². The fourth-order valence-corrected chi connectivity index (χ4v) is 5.70. The number of aromatic nitrogens is 3. The van der Waals surface area contributed by atoms with Crippen molar-refractivity contribution in [2.75, 3.05) is 13.1 Å². The molecule has 2 aromatic heterocycles. The summed E-state index contributed by atoms with van der Waals surface area (Å²) in [7, 11) is -1.92. The zero-order valence-electron chi connectivity index (χ0n) is 17.3. The van der Waals surface area contributed by atoms with Gasteiger partial charge in [-0.15, -0.1) is 0 Å². The second-order valence-electron chi connectivity index (χ2n) is 7.93. The van der Waals surface area contributed by atoms with Crippen LogP contribution in [0.25, 0.3) is 0 Å². The van der Waals surface area contributed by atoms with Gasteiger partial charge in [-0.2, -0.15) is 4.31 Å². The Morgan fingerprint density at radius 2 is 2.00 bits per heavy atom. The number of hydrogen-bond acceptors (Lipinski definition) is 5. The summed E-state index contributed by atoms with van der Waals surface area (Å²) >= 11 is 6.30. The van der Waals surface area contributed by atoms with E-state index in [4.69, 9.17) is 11.6 Å². The second kappa shape index (κ2) is 8.53. The molecule has 0 amide bonds. The van der Waals surface area contributed by atoms with Crippen molar-refractivity contribution >= 4 is 27.4 Å². The molecule has 1 aromatic carbocycles. The molecule has 0 N–H and O–H groups in total. The van der Waals surface area contributed by atoms with Crippen LogP contribution in [-0.2, 0) is 17.1 Å². The van der Waals surface area contributed by atoms with Crippen molar-refractivity contribution in [1.29, 1.82) is 0 Å². The quantitative estimate of drug-likeness (QED) is 0.506. The molecular formula is C22H23ClN4O3S. The van der Waals surface area contributed by atoms with Gasteiger partial charge in [0, 0.05) is 56.1 Å². The molecule has 0 spiro atoms. The van der Waals surface area contributed by atoms with E-state index in [-0.39, 0.29) is 29.1 Å². The molecule has 0 radical (unpaired) electrons. The normalized spacial score (nSPS) is 16.1. The number of hydrogen-bond donors (Lipinski definition) is 0. The predicted octanol–water partition coefficient (Wildman–Crippen LogP) is 3.45. The summed E-state index contributed by atoms with van der Waals surface area (Å²) in [4.78, 5) is 21.5. The number of pyridine rings is 1. The van der Waals surface area contributed by atoms with Crippen molar-refractivity contribution < 1.29 is 13.2 Å². The minimum Gasteiger partial charge on any atom is -0.339 e. The Kier molecular flexibility index (Phi) is 5.96. The van der Waals surface area contributed by atoms with E-state index < -0.39 is 10.0 Å². The Labute approximate surface area is 186 Å². The number of rotatable bonds is 7. The molecule has 4 rings (SSSR count). The number of Topliss-reactive ketones (excluding diaryl/α,β-unsaturated/α-hetero) is 1. The molecule has 0 saturated carbocycles. The van der Waals surface area contributed by atoms with E-state index in [1.54, 1.807) is 29.9 Å². The highest BCUT2D eigenvalue weighted by atomic mass is 35.5. The first-order valence-corrected chi connectivity index (χ1v) is 11.8. The average Bonchev–Trinajstić information content (AvgIpc) is 3.14. The van der Waals surface area contributed by atoms with Crippen LogP contribution in [0.2, 0.25) is 5.02 Å². The third-order valence-electron chi connectivity index (χ3n) is 5.63. The first-order valence-electron chi connectivity index (χ1n) is 9.94. The summed E-state index contributed by atoms with van der Waals surface area (Å²) in [6.07, 6.45) is 4.85. The van der Waals surface area contributed by atoms with Crippen molar-refractivity contribution in [2.24, 2.45) is 13.0 Å². The summed E-state index contributed by atoms with van der Waals surface area (Å²) in [6, 6.07) is 10.9. The van der Waals surface area contributed by atoms with E-state index in [9.17, 15) is 13.2 Å². The largest absolute Gasteiger partial charge is 0.339 e. The van der Waals surface area contributed by atoms with E-state index in [0.29, 0.717) is 23.7 Å². The lowest BCUT2D eigenvalue weighted by Gasteiger charge is -2.41. The van der Waals surface area contributed by atoms with Gasteiger partial charge in [0.2, 0.25) is 0 Å². The minimum atomic E-state index is -3.65. The zero-order valence-corrected chi connectivity index (χ0v) is 18.8. The highest BCUT2D eigenvalue weighted by Gasteiger charge is 2.43. The van der Waals surface area contributed by atoms with Gasteiger partial charge in [-0.1, -0.05) is 23.7 Å². The molecule has 3 aromatic rings. The molecule has 1 saturated heterocycles. The third kappa shape index (κ3) is 4.42. The Morgan fingerprint density at radius 1 is 1.23 bits per heavy atom. The maximum Gasteiger partial charge on any atom is 0.262 e. The standard InChI is InChI=1S/C22H23ClN4O3S/c1-15-6-7-17(19(23)9-15)21(28)10-18(20-5-3-4-8-24-20)16-11-27(12-16)31(29,30)22-13-26(2)14-25-22/h3-9,13-14,16,18H,10-12H2,1-2H3. The van der Waals surface area contributed by atoms with Crippen molar-refractivity contribution in [3.05, 3.63) is 77.0 Å². The molecule has 162 valence electrons. The van der Waals surface area contributed by atoms with Crippen molar-refractivity contribution in [3.8, 4) is 0 Å². The lowest BCUT2D eigenvalue weighted by atomic mass is 9.80. The van der Waals surface area contributed by atoms with Crippen LogP contribution in [0.1, 0.15) is 34.0 Å². The molecule has 3 heterocycles. The van der Waals surface area contributed by atoms with Crippen LogP contribution >= 0.6 is 11.6 Å². The third-order valence-corrected chi connectivity index (χ3v) is 7.66. The molecule has 7 nitrogen and oxygen atoms in total. The average molecular weight is 459 g/mol. The topological polar surface area (TPSA) is 85.2 Å². The van der Waals surface area contributed by atoms with Gasteiger partial charge in [0.15, 0.2) is 10.8 Å². The Bertz CT molecular complexity index is 1200. The lowest BCUT2D eigenvalue weighted by Crippen LogP contribution is -2.52. The number of benzene rings is 1. The van der Waals surface area contributed by atoms with Gasteiger partial charge >= 0.3 is 0 Å².